The van der Waals surface area contributed by atoms with Gasteiger partial charge < -0.3 is 10.1 Å². The number of morpholine rings is 1. The third kappa shape index (κ3) is 3.07. The van der Waals surface area contributed by atoms with Gasteiger partial charge in [-0.25, -0.2) is 0 Å². The van der Waals surface area contributed by atoms with Crippen molar-refractivity contribution in [3.05, 3.63) is 34.9 Å². The van der Waals surface area contributed by atoms with Crippen LogP contribution in [0.4, 0.5) is 0 Å². The predicted octanol–water partition coefficient (Wildman–Crippen LogP) is 4.06. The normalized spacial score (nSPS) is 26.4. The maximum Gasteiger partial charge on any atom is 0.0957 e. The molecular weight excluding hydrogens is 246 g/mol. The minimum absolute atomic E-state index is 0.0943. The largest absolute Gasteiger partial charge is 0.364 e. The topological polar surface area (TPSA) is 21.3 Å². The first kappa shape index (κ1) is 14.1. The monoisotopic (exact) mass is 273 g/mol. The third-order valence-corrected chi connectivity index (χ3v) is 4.80. The molecule has 1 unspecified atom stereocenters. The molecule has 1 saturated carbocycles. The van der Waals surface area contributed by atoms with Crippen LogP contribution in [0, 0.1) is 13.8 Å². The number of benzene rings is 1. The zero-order valence-electron chi connectivity index (χ0n) is 12.9. The minimum atomic E-state index is 0.0943. The van der Waals surface area contributed by atoms with Crippen LogP contribution in [0.2, 0.25) is 0 Å². The third-order valence-electron chi connectivity index (χ3n) is 4.80. The Morgan fingerprint density at radius 1 is 1.00 bits per heavy atom. The van der Waals surface area contributed by atoms with Crippen LogP contribution >= 0.6 is 0 Å². The van der Waals surface area contributed by atoms with E-state index in [0.717, 1.165) is 13.1 Å². The molecule has 1 heterocycles. The first-order valence-electron chi connectivity index (χ1n) is 8.14. The van der Waals surface area contributed by atoms with Crippen molar-refractivity contribution in [1.29, 1.82) is 0 Å². The molecule has 2 aliphatic rings. The van der Waals surface area contributed by atoms with Crippen molar-refractivity contribution >= 4 is 0 Å². The van der Waals surface area contributed by atoms with Gasteiger partial charge in [-0.3, -0.25) is 0 Å². The smallest absolute Gasteiger partial charge is 0.0957 e. The van der Waals surface area contributed by atoms with Gasteiger partial charge in [0.1, 0.15) is 0 Å². The molecule has 1 aromatic rings. The van der Waals surface area contributed by atoms with E-state index in [0.29, 0.717) is 0 Å². The van der Waals surface area contributed by atoms with Crippen LogP contribution in [0.1, 0.15) is 61.3 Å². The fourth-order valence-electron chi connectivity index (χ4n) is 3.87. The maximum absolute atomic E-state index is 6.63. The van der Waals surface area contributed by atoms with Gasteiger partial charge in [-0.15, -0.1) is 0 Å². The van der Waals surface area contributed by atoms with Crippen LogP contribution in [-0.2, 0) is 4.74 Å². The van der Waals surface area contributed by atoms with Crippen molar-refractivity contribution in [3.63, 3.8) is 0 Å². The van der Waals surface area contributed by atoms with Gasteiger partial charge in [0.15, 0.2) is 0 Å². The lowest BCUT2D eigenvalue weighted by atomic mass is 9.91. The molecule has 0 aromatic heterocycles. The summed E-state index contributed by atoms with van der Waals surface area (Å²) in [6, 6.07) is 6.81. The van der Waals surface area contributed by atoms with E-state index < -0.39 is 0 Å². The molecule has 2 fully saturated rings. The summed E-state index contributed by atoms with van der Waals surface area (Å²) in [5.74, 6) is 0. The highest BCUT2D eigenvalue weighted by molar-refractivity contribution is 5.30. The van der Waals surface area contributed by atoms with Crippen molar-refractivity contribution < 1.29 is 4.74 Å². The Balaban J connectivity index is 1.80. The summed E-state index contributed by atoms with van der Waals surface area (Å²) in [6.07, 6.45) is 8.06. The molecular formula is C18H27NO. The van der Waals surface area contributed by atoms with E-state index in [-0.39, 0.29) is 11.7 Å². The Morgan fingerprint density at radius 3 is 2.30 bits per heavy atom. The molecule has 1 aliphatic carbocycles. The van der Waals surface area contributed by atoms with Crippen LogP contribution in [0.15, 0.2) is 18.2 Å². The van der Waals surface area contributed by atoms with E-state index in [2.05, 4.69) is 37.4 Å². The molecule has 2 heteroatoms. The highest BCUT2D eigenvalue weighted by Gasteiger charge is 2.37. The van der Waals surface area contributed by atoms with Gasteiger partial charge in [-0.1, -0.05) is 55.0 Å². The van der Waals surface area contributed by atoms with Crippen LogP contribution in [-0.4, -0.2) is 18.7 Å². The van der Waals surface area contributed by atoms with Crippen LogP contribution in [0.3, 0.4) is 0 Å². The second-order valence-corrected chi connectivity index (χ2v) is 6.76. The number of hydrogen-bond donors (Lipinski definition) is 1. The van der Waals surface area contributed by atoms with Crippen LogP contribution < -0.4 is 5.32 Å². The van der Waals surface area contributed by atoms with Gasteiger partial charge in [0.05, 0.1) is 11.7 Å². The SMILES string of the molecule is Cc1cc(C)cc(C2CNCC3(CCCCCC3)O2)c1. The maximum atomic E-state index is 6.63. The van der Waals surface area contributed by atoms with E-state index in [1.807, 2.05) is 0 Å². The summed E-state index contributed by atoms with van der Waals surface area (Å²) in [5.41, 5.74) is 4.11. The Labute approximate surface area is 122 Å². The number of aryl methyl sites for hydroxylation is 2. The molecule has 3 rings (SSSR count). The fraction of sp³-hybridized carbons (Fsp3) is 0.667. The Morgan fingerprint density at radius 2 is 1.65 bits per heavy atom. The van der Waals surface area contributed by atoms with Gasteiger partial charge in [-0.05, 0) is 32.3 Å². The van der Waals surface area contributed by atoms with E-state index in [1.54, 1.807) is 0 Å². The second kappa shape index (κ2) is 5.87. The molecule has 1 saturated heterocycles. The first-order valence-corrected chi connectivity index (χ1v) is 8.14. The van der Waals surface area contributed by atoms with Crippen molar-refractivity contribution in [2.45, 2.75) is 64.1 Å². The van der Waals surface area contributed by atoms with Gasteiger partial charge in [0.25, 0.3) is 0 Å². The van der Waals surface area contributed by atoms with Gasteiger partial charge in [0, 0.05) is 13.1 Å². The van der Waals surface area contributed by atoms with E-state index in [9.17, 15) is 0 Å². The number of nitrogens with one attached hydrogen (secondary N) is 1. The molecule has 0 bridgehead atoms. The first-order chi connectivity index (χ1) is 9.67. The number of hydrogen-bond acceptors (Lipinski definition) is 2. The molecule has 1 aromatic carbocycles. The molecule has 1 spiro atoms. The van der Waals surface area contributed by atoms with Gasteiger partial charge in [0.2, 0.25) is 0 Å². The zero-order chi connectivity index (χ0) is 14.0. The van der Waals surface area contributed by atoms with Crippen molar-refractivity contribution in [2.24, 2.45) is 0 Å². The molecule has 20 heavy (non-hydrogen) atoms. The van der Waals surface area contributed by atoms with E-state index >= 15 is 0 Å². The molecule has 0 radical (unpaired) electrons. The summed E-state index contributed by atoms with van der Waals surface area (Å²) < 4.78 is 6.63. The summed E-state index contributed by atoms with van der Waals surface area (Å²) in [6.45, 7) is 6.33. The molecule has 0 amide bonds. The summed E-state index contributed by atoms with van der Waals surface area (Å²) in [4.78, 5) is 0. The van der Waals surface area contributed by atoms with E-state index in [4.69, 9.17) is 4.74 Å². The average molecular weight is 273 g/mol. The van der Waals surface area contributed by atoms with Gasteiger partial charge >= 0.3 is 0 Å². The quantitative estimate of drug-likeness (QED) is 0.833. The highest BCUT2D eigenvalue weighted by atomic mass is 16.5. The van der Waals surface area contributed by atoms with Gasteiger partial charge in [-0.2, -0.15) is 0 Å². The van der Waals surface area contributed by atoms with E-state index in [1.165, 1.54) is 55.2 Å². The zero-order valence-corrected chi connectivity index (χ0v) is 12.9. The average Bonchev–Trinajstić information content (AvgIpc) is 2.63. The molecule has 2 nitrogen and oxygen atoms in total. The molecule has 110 valence electrons. The van der Waals surface area contributed by atoms with Crippen molar-refractivity contribution in [2.75, 3.05) is 13.1 Å². The summed E-state index contributed by atoms with van der Waals surface area (Å²) in [5, 5.41) is 3.64. The molecule has 1 N–H and O–H groups in total. The highest BCUT2D eigenvalue weighted by Crippen LogP contribution is 2.37. The Kier molecular flexibility index (Phi) is 4.13. The lowest BCUT2D eigenvalue weighted by Gasteiger charge is -2.42. The second-order valence-electron chi connectivity index (χ2n) is 6.76. The standard InChI is InChI=1S/C18H27NO/c1-14-9-15(2)11-16(10-14)17-12-19-13-18(20-17)7-5-3-4-6-8-18/h9-11,17,19H,3-8,12-13H2,1-2H3. The number of ether oxygens (including phenoxy) is 1. The summed E-state index contributed by atoms with van der Waals surface area (Å²) >= 11 is 0. The lowest BCUT2D eigenvalue weighted by Crippen LogP contribution is -2.50. The fourth-order valence-corrected chi connectivity index (χ4v) is 3.87. The van der Waals surface area contributed by atoms with Crippen LogP contribution in [0.25, 0.3) is 0 Å². The summed E-state index contributed by atoms with van der Waals surface area (Å²) in [7, 11) is 0. The Bertz CT molecular complexity index is 440. The number of rotatable bonds is 1. The van der Waals surface area contributed by atoms with Crippen LogP contribution in [0.5, 0.6) is 0 Å². The van der Waals surface area contributed by atoms with Crippen molar-refractivity contribution in [1.82, 2.24) is 5.32 Å². The predicted molar refractivity (Wildman–Crippen MR) is 83.0 cm³/mol. The Hall–Kier alpha value is -0.860. The minimum Gasteiger partial charge on any atom is -0.364 e. The molecule has 1 aliphatic heterocycles. The lowest BCUT2D eigenvalue weighted by molar-refractivity contribution is -0.126. The molecule has 1 atom stereocenters. The van der Waals surface area contributed by atoms with Crippen molar-refractivity contribution in [3.8, 4) is 0 Å².